The van der Waals surface area contributed by atoms with Crippen molar-refractivity contribution in [3.63, 3.8) is 0 Å². The average molecular weight is 486 g/mol. The van der Waals surface area contributed by atoms with E-state index < -0.39 is 17.6 Å². The first-order valence-corrected chi connectivity index (χ1v) is 11.8. The minimum absolute atomic E-state index is 0.305. The van der Waals surface area contributed by atoms with Crippen LogP contribution < -0.4 is 25.2 Å². The summed E-state index contributed by atoms with van der Waals surface area (Å²) in [5, 5.41) is 3.54. The van der Waals surface area contributed by atoms with Gasteiger partial charge < -0.3 is 23.9 Å². The standard InChI is InChI=1S/C29H27NO6/c1-17(2)16-34-22-14-13-18(15-23(22)33-3)24-25-26(20-11-7-8-12-21(20)35-29(25)32)36-27(24)28(31)30-19-9-5-4-6-10-19/h4-15,17,24,27H,16H2,1-3H3,(H,30,31)/t24-,27-/m0/s1. The molecule has 184 valence electrons. The Kier molecular flexibility index (Phi) is 6.38. The number of carbonyl (C=O) groups is 1. The summed E-state index contributed by atoms with van der Waals surface area (Å²) in [7, 11) is 1.56. The normalized spacial score (nSPS) is 16.4. The third-order valence-corrected chi connectivity index (χ3v) is 6.08. The van der Waals surface area contributed by atoms with Gasteiger partial charge in [-0.15, -0.1) is 0 Å². The molecule has 0 saturated carbocycles. The van der Waals surface area contributed by atoms with Crippen LogP contribution in [0.25, 0.3) is 11.0 Å². The fourth-order valence-corrected chi connectivity index (χ4v) is 4.41. The highest BCUT2D eigenvalue weighted by molar-refractivity contribution is 5.97. The molecule has 1 aliphatic heterocycles. The molecule has 2 atom stereocenters. The van der Waals surface area contributed by atoms with Gasteiger partial charge in [-0.25, -0.2) is 4.79 Å². The summed E-state index contributed by atoms with van der Waals surface area (Å²) in [4.78, 5) is 26.7. The second-order valence-electron chi connectivity index (χ2n) is 9.12. The highest BCUT2D eigenvalue weighted by Gasteiger charge is 2.44. The first kappa shape index (κ1) is 23.5. The smallest absolute Gasteiger partial charge is 0.344 e. The van der Waals surface area contributed by atoms with Crippen molar-refractivity contribution in [1.29, 1.82) is 0 Å². The van der Waals surface area contributed by atoms with E-state index in [1.807, 2.05) is 36.4 Å². The van der Waals surface area contributed by atoms with E-state index in [1.54, 1.807) is 43.5 Å². The lowest BCUT2D eigenvalue weighted by atomic mass is 9.88. The number of nitrogens with one attached hydrogen (secondary N) is 1. The number of hydrogen-bond donors (Lipinski definition) is 1. The van der Waals surface area contributed by atoms with Crippen LogP contribution in [0.3, 0.4) is 0 Å². The van der Waals surface area contributed by atoms with Crippen LogP contribution in [0.5, 0.6) is 17.2 Å². The number of para-hydroxylation sites is 2. The van der Waals surface area contributed by atoms with E-state index in [2.05, 4.69) is 19.2 Å². The molecule has 0 bridgehead atoms. The van der Waals surface area contributed by atoms with Gasteiger partial charge in [-0.3, -0.25) is 4.79 Å². The molecule has 0 aliphatic carbocycles. The molecule has 3 aromatic carbocycles. The molecule has 1 aromatic heterocycles. The summed E-state index contributed by atoms with van der Waals surface area (Å²) in [5.74, 6) is 0.717. The number of rotatable bonds is 7. The molecule has 36 heavy (non-hydrogen) atoms. The molecular formula is C29H27NO6. The molecule has 5 rings (SSSR count). The zero-order chi connectivity index (χ0) is 25.2. The van der Waals surface area contributed by atoms with Crippen LogP contribution in [0.2, 0.25) is 0 Å². The highest BCUT2D eigenvalue weighted by atomic mass is 16.5. The van der Waals surface area contributed by atoms with Crippen LogP contribution in [-0.4, -0.2) is 25.7 Å². The predicted molar refractivity (Wildman–Crippen MR) is 137 cm³/mol. The Morgan fingerprint density at radius 2 is 1.75 bits per heavy atom. The van der Waals surface area contributed by atoms with Crippen molar-refractivity contribution in [2.75, 3.05) is 19.0 Å². The Morgan fingerprint density at radius 3 is 2.50 bits per heavy atom. The van der Waals surface area contributed by atoms with Crippen LogP contribution in [0.15, 0.2) is 82.0 Å². The minimum Gasteiger partial charge on any atom is -0.493 e. The van der Waals surface area contributed by atoms with Crippen LogP contribution in [-0.2, 0) is 4.79 Å². The lowest BCUT2D eigenvalue weighted by molar-refractivity contribution is -0.122. The molecule has 1 aliphatic rings. The Morgan fingerprint density at radius 1 is 1.00 bits per heavy atom. The van der Waals surface area contributed by atoms with Crippen molar-refractivity contribution in [2.45, 2.75) is 25.9 Å². The van der Waals surface area contributed by atoms with E-state index >= 15 is 0 Å². The number of benzene rings is 3. The number of ether oxygens (including phenoxy) is 3. The van der Waals surface area contributed by atoms with E-state index in [0.29, 0.717) is 57.6 Å². The molecule has 1 amide bonds. The second kappa shape index (κ2) is 9.77. The molecule has 0 spiro atoms. The molecule has 0 radical (unpaired) electrons. The van der Waals surface area contributed by atoms with Gasteiger partial charge >= 0.3 is 5.63 Å². The van der Waals surface area contributed by atoms with Crippen molar-refractivity contribution >= 4 is 22.6 Å². The average Bonchev–Trinajstić information content (AvgIpc) is 3.30. The zero-order valence-electron chi connectivity index (χ0n) is 20.3. The van der Waals surface area contributed by atoms with Crippen molar-refractivity contribution in [1.82, 2.24) is 0 Å². The lowest BCUT2D eigenvalue weighted by Gasteiger charge is -2.20. The highest BCUT2D eigenvalue weighted by Crippen LogP contribution is 2.46. The van der Waals surface area contributed by atoms with Gasteiger partial charge in [0.15, 0.2) is 17.6 Å². The van der Waals surface area contributed by atoms with Crippen molar-refractivity contribution < 1.29 is 23.4 Å². The Balaban J connectivity index is 1.61. The van der Waals surface area contributed by atoms with Crippen molar-refractivity contribution in [2.24, 2.45) is 5.92 Å². The van der Waals surface area contributed by atoms with E-state index in [0.717, 1.165) is 0 Å². The summed E-state index contributed by atoms with van der Waals surface area (Å²) in [5.41, 5.74) is 1.48. The zero-order valence-corrected chi connectivity index (χ0v) is 20.3. The summed E-state index contributed by atoms with van der Waals surface area (Å²) < 4.78 is 23.4. The van der Waals surface area contributed by atoms with Crippen molar-refractivity contribution in [3.05, 3.63) is 94.3 Å². The second-order valence-corrected chi connectivity index (χ2v) is 9.12. The number of fused-ring (bicyclic) bond motifs is 3. The summed E-state index contributed by atoms with van der Waals surface area (Å²) in [6.45, 7) is 4.66. The number of amides is 1. The maximum Gasteiger partial charge on any atom is 0.344 e. The van der Waals surface area contributed by atoms with Crippen LogP contribution >= 0.6 is 0 Å². The van der Waals surface area contributed by atoms with Gasteiger partial charge in [0.2, 0.25) is 0 Å². The van der Waals surface area contributed by atoms with E-state index in [4.69, 9.17) is 18.6 Å². The van der Waals surface area contributed by atoms with Gasteiger partial charge in [-0.05, 0) is 47.9 Å². The fourth-order valence-electron chi connectivity index (χ4n) is 4.41. The molecular weight excluding hydrogens is 458 g/mol. The molecule has 7 nitrogen and oxygen atoms in total. The van der Waals surface area contributed by atoms with Gasteiger partial charge in [0, 0.05) is 5.69 Å². The molecule has 0 fully saturated rings. The molecule has 0 unspecified atom stereocenters. The lowest BCUT2D eigenvalue weighted by Crippen LogP contribution is -2.35. The first-order chi connectivity index (χ1) is 17.5. The van der Waals surface area contributed by atoms with Gasteiger partial charge in [0.05, 0.1) is 30.6 Å². The van der Waals surface area contributed by atoms with E-state index in [1.165, 1.54) is 0 Å². The molecule has 2 heterocycles. The largest absolute Gasteiger partial charge is 0.493 e. The van der Waals surface area contributed by atoms with Crippen LogP contribution in [0.1, 0.15) is 30.9 Å². The number of methoxy groups -OCH3 is 1. The first-order valence-electron chi connectivity index (χ1n) is 11.8. The Hall–Kier alpha value is -4.26. The molecule has 0 saturated heterocycles. The van der Waals surface area contributed by atoms with Crippen LogP contribution in [0, 0.1) is 5.92 Å². The molecule has 7 heteroatoms. The summed E-state index contributed by atoms with van der Waals surface area (Å²) >= 11 is 0. The third-order valence-electron chi connectivity index (χ3n) is 6.08. The number of hydrogen-bond acceptors (Lipinski definition) is 6. The van der Waals surface area contributed by atoms with Crippen molar-refractivity contribution in [3.8, 4) is 17.2 Å². The van der Waals surface area contributed by atoms with Gasteiger partial charge in [-0.1, -0.05) is 50.2 Å². The van der Waals surface area contributed by atoms with Gasteiger partial charge in [0.1, 0.15) is 11.3 Å². The minimum atomic E-state index is -0.999. The molecule has 4 aromatic rings. The third kappa shape index (κ3) is 4.40. The van der Waals surface area contributed by atoms with Gasteiger partial charge in [-0.2, -0.15) is 0 Å². The Labute approximate surface area is 208 Å². The topological polar surface area (TPSA) is 87.0 Å². The quantitative estimate of drug-likeness (QED) is 0.354. The summed E-state index contributed by atoms with van der Waals surface area (Å²) in [6.07, 6.45) is -0.999. The fraction of sp³-hybridized carbons (Fsp3) is 0.241. The number of carbonyl (C=O) groups excluding carboxylic acids is 1. The van der Waals surface area contributed by atoms with Crippen LogP contribution in [0.4, 0.5) is 5.69 Å². The monoisotopic (exact) mass is 485 g/mol. The predicted octanol–water partition coefficient (Wildman–Crippen LogP) is 5.37. The van der Waals surface area contributed by atoms with E-state index in [9.17, 15) is 9.59 Å². The number of anilines is 1. The maximum absolute atomic E-state index is 13.5. The maximum atomic E-state index is 13.5. The van der Waals surface area contributed by atoms with E-state index in [-0.39, 0.29) is 5.91 Å². The SMILES string of the molecule is COc1cc([C@H]2c3c(c4ccccc4oc3=O)O[C@@H]2C(=O)Nc2ccccc2)ccc1OCC(C)C. The van der Waals surface area contributed by atoms with Gasteiger partial charge in [0.25, 0.3) is 5.91 Å². The molecule has 1 N–H and O–H groups in total. The Bertz CT molecular complexity index is 1460. The summed E-state index contributed by atoms with van der Waals surface area (Å²) in [6, 6.07) is 21.7.